The van der Waals surface area contributed by atoms with Gasteiger partial charge in [0.15, 0.2) is 11.5 Å². The maximum atomic E-state index is 11.1. The Balaban J connectivity index is 2.83. The van der Waals surface area contributed by atoms with Gasteiger partial charge in [-0.25, -0.2) is 0 Å². The molecule has 0 spiro atoms. The summed E-state index contributed by atoms with van der Waals surface area (Å²) in [4.78, 5) is 11.1. The molecule has 2 N–H and O–H groups in total. The summed E-state index contributed by atoms with van der Waals surface area (Å²) < 4.78 is 15.2. The highest BCUT2D eigenvalue weighted by Gasteiger charge is 2.08. The number of hydrogen-bond acceptors (Lipinski definition) is 5. The summed E-state index contributed by atoms with van der Waals surface area (Å²) in [6.07, 6.45) is 0.208. The van der Waals surface area contributed by atoms with E-state index >= 15 is 0 Å². The zero-order valence-corrected chi connectivity index (χ0v) is 10.1. The molecule has 17 heavy (non-hydrogen) atoms. The van der Waals surface area contributed by atoms with Crippen LogP contribution < -0.4 is 15.2 Å². The van der Waals surface area contributed by atoms with Crippen molar-refractivity contribution in [3.05, 3.63) is 23.8 Å². The van der Waals surface area contributed by atoms with E-state index in [-0.39, 0.29) is 12.4 Å². The van der Waals surface area contributed by atoms with Crippen LogP contribution in [0.4, 0.5) is 0 Å². The molecule has 0 heterocycles. The predicted octanol–water partition coefficient (Wildman–Crippen LogP) is 0.748. The number of methoxy groups -OCH3 is 2. The molecule has 0 aliphatic carbocycles. The monoisotopic (exact) mass is 239 g/mol. The smallest absolute Gasteiger partial charge is 0.309 e. The van der Waals surface area contributed by atoms with E-state index in [9.17, 15) is 4.79 Å². The second-order valence-electron chi connectivity index (χ2n) is 3.38. The average molecular weight is 239 g/mol. The van der Waals surface area contributed by atoms with Gasteiger partial charge in [0, 0.05) is 6.54 Å². The van der Waals surface area contributed by atoms with Gasteiger partial charge < -0.3 is 19.9 Å². The van der Waals surface area contributed by atoms with Crippen molar-refractivity contribution in [3.8, 4) is 11.5 Å². The number of rotatable bonds is 6. The quantitative estimate of drug-likeness (QED) is 0.742. The highest BCUT2D eigenvalue weighted by atomic mass is 16.5. The maximum Gasteiger partial charge on any atom is 0.309 e. The summed E-state index contributed by atoms with van der Waals surface area (Å²) in [6, 6.07) is 5.31. The van der Waals surface area contributed by atoms with Crippen molar-refractivity contribution in [2.75, 3.05) is 27.4 Å². The number of hydrogen-bond donors (Lipinski definition) is 1. The molecule has 0 amide bonds. The first-order valence-electron chi connectivity index (χ1n) is 5.28. The molecule has 0 aromatic heterocycles. The van der Waals surface area contributed by atoms with Crippen LogP contribution in [-0.4, -0.2) is 33.3 Å². The van der Waals surface area contributed by atoms with Gasteiger partial charge in [-0.2, -0.15) is 0 Å². The molecule has 0 saturated carbocycles. The molecule has 0 saturated heterocycles. The summed E-state index contributed by atoms with van der Waals surface area (Å²) in [5.74, 6) is 0.909. The lowest BCUT2D eigenvalue weighted by Crippen LogP contribution is -2.11. The molecule has 0 atom stereocenters. The minimum absolute atomic E-state index is 0.208. The van der Waals surface area contributed by atoms with Crippen molar-refractivity contribution in [1.82, 2.24) is 0 Å². The van der Waals surface area contributed by atoms with Crippen LogP contribution in [0.1, 0.15) is 5.56 Å². The number of ether oxygens (including phenoxy) is 3. The third-order valence-corrected chi connectivity index (χ3v) is 2.18. The van der Waals surface area contributed by atoms with Crippen LogP contribution in [0, 0.1) is 0 Å². The Bertz CT molecular complexity index is 379. The average Bonchev–Trinajstić information content (AvgIpc) is 2.36. The highest BCUT2D eigenvalue weighted by molar-refractivity contribution is 5.72. The zero-order valence-electron chi connectivity index (χ0n) is 10.1. The Morgan fingerprint density at radius 3 is 2.65 bits per heavy atom. The summed E-state index contributed by atoms with van der Waals surface area (Å²) in [7, 11) is 2.92. The van der Waals surface area contributed by atoms with Crippen molar-refractivity contribution < 1.29 is 19.0 Å². The van der Waals surface area contributed by atoms with Crippen molar-refractivity contribution in [3.63, 3.8) is 0 Å². The predicted molar refractivity (Wildman–Crippen MR) is 63.3 cm³/mol. The van der Waals surface area contributed by atoms with Gasteiger partial charge in [-0.1, -0.05) is 6.07 Å². The minimum atomic E-state index is -0.292. The normalized spacial score (nSPS) is 9.82. The Labute approximate surface area is 100 Å². The van der Waals surface area contributed by atoms with Gasteiger partial charge in [0.2, 0.25) is 0 Å². The van der Waals surface area contributed by atoms with Gasteiger partial charge >= 0.3 is 5.97 Å². The van der Waals surface area contributed by atoms with Gasteiger partial charge in [-0.05, 0) is 17.7 Å². The van der Waals surface area contributed by atoms with Crippen molar-refractivity contribution in [2.24, 2.45) is 5.73 Å². The molecule has 0 radical (unpaired) electrons. The molecule has 0 fully saturated rings. The van der Waals surface area contributed by atoms with E-state index in [2.05, 4.69) is 4.74 Å². The van der Waals surface area contributed by atoms with Crippen molar-refractivity contribution >= 4 is 5.97 Å². The topological polar surface area (TPSA) is 70.8 Å². The van der Waals surface area contributed by atoms with Crippen LogP contribution in [-0.2, 0) is 16.0 Å². The second kappa shape index (κ2) is 6.75. The fourth-order valence-corrected chi connectivity index (χ4v) is 1.35. The SMILES string of the molecule is COC(=O)Cc1ccc(OC)c(OCCN)c1. The van der Waals surface area contributed by atoms with Gasteiger partial charge in [0.05, 0.1) is 20.6 Å². The molecule has 0 unspecified atom stereocenters. The molecule has 94 valence electrons. The first-order valence-corrected chi connectivity index (χ1v) is 5.28. The van der Waals surface area contributed by atoms with E-state index in [1.807, 2.05) is 0 Å². The molecule has 5 nitrogen and oxygen atoms in total. The Hall–Kier alpha value is -1.75. The standard InChI is InChI=1S/C12H17NO4/c1-15-10-4-3-9(8-12(14)16-2)7-11(10)17-6-5-13/h3-4,7H,5-6,8,13H2,1-2H3. The van der Waals surface area contributed by atoms with Crippen LogP contribution in [0.3, 0.4) is 0 Å². The largest absolute Gasteiger partial charge is 0.493 e. The third-order valence-electron chi connectivity index (χ3n) is 2.18. The number of carbonyl (C=O) groups excluding carboxylic acids is 1. The van der Waals surface area contributed by atoms with Crippen LogP contribution >= 0.6 is 0 Å². The summed E-state index contributed by atoms with van der Waals surface area (Å²) in [5, 5.41) is 0. The van der Waals surface area contributed by atoms with Gasteiger partial charge in [0.25, 0.3) is 0 Å². The van der Waals surface area contributed by atoms with Crippen molar-refractivity contribution in [1.29, 1.82) is 0 Å². The fraction of sp³-hybridized carbons (Fsp3) is 0.417. The fourth-order valence-electron chi connectivity index (χ4n) is 1.35. The lowest BCUT2D eigenvalue weighted by molar-refractivity contribution is -0.139. The number of esters is 1. The second-order valence-corrected chi connectivity index (χ2v) is 3.38. The van der Waals surface area contributed by atoms with Crippen LogP contribution in [0.5, 0.6) is 11.5 Å². The molecule has 0 aliphatic heterocycles. The van der Waals surface area contributed by atoms with Gasteiger partial charge in [-0.15, -0.1) is 0 Å². The van der Waals surface area contributed by atoms with E-state index in [1.54, 1.807) is 25.3 Å². The summed E-state index contributed by atoms with van der Waals surface area (Å²) in [6.45, 7) is 0.822. The van der Waals surface area contributed by atoms with E-state index in [4.69, 9.17) is 15.2 Å². The van der Waals surface area contributed by atoms with Crippen LogP contribution in [0.15, 0.2) is 18.2 Å². The lowest BCUT2D eigenvalue weighted by Gasteiger charge is -2.11. The molecule has 1 rings (SSSR count). The Morgan fingerprint density at radius 2 is 2.06 bits per heavy atom. The first-order chi connectivity index (χ1) is 8.21. The highest BCUT2D eigenvalue weighted by Crippen LogP contribution is 2.28. The van der Waals surface area contributed by atoms with Gasteiger partial charge in [0.1, 0.15) is 6.61 Å². The Morgan fingerprint density at radius 1 is 1.29 bits per heavy atom. The number of nitrogens with two attached hydrogens (primary N) is 1. The molecule has 1 aromatic carbocycles. The summed E-state index contributed by atoms with van der Waals surface area (Å²) in [5.41, 5.74) is 6.18. The third kappa shape index (κ3) is 3.96. The molecular formula is C12H17NO4. The number of carbonyl (C=O) groups is 1. The molecule has 5 heteroatoms. The molecule has 0 aliphatic rings. The van der Waals surface area contributed by atoms with Crippen LogP contribution in [0.2, 0.25) is 0 Å². The van der Waals surface area contributed by atoms with Gasteiger partial charge in [-0.3, -0.25) is 4.79 Å². The first kappa shape index (κ1) is 13.3. The minimum Gasteiger partial charge on any atom is -0.493 e. The van der Waals surface area contributed by atoms with E-state index in [0.717, 1.165) is 5.56 Å². The zero-order chi connectivity index (χ0) is 12.7. The van der Waals surface area contributed by atoms with E-state index in [0.29, 0.717) is 24.7 Å². The maximum absolute atomic E-state index is 11.1. The lowest BCUT2D eigenvalue weighted by atomic mass is 10.1. The molecular weight excluding hydrogens is 222 g/mol. The van der Waals surface area contributed by atoms with Crippen LogP contribution in [0.25, 0.3) is 0 Å². The van der Waals surface area contributed by atoms with Crippen molar-refractivity contribution in [2.45, 2.75) is 6.42 Å². The van der Waals surface area contributed by atoms with E-state index < -0.39 is 0 Å². The van der Waals surface area contributed by atoms with E-state index in [1.165, 1.54) is 7.11 Å². The number of benzene rings is 1. The Kier molecular flexibility index (Phi) is 5.29. The molecule has 0 bridgehead atoms. The summed E-state index contributed by atoms with van der Waals surface area (Å²) >= 11 is 0. The molecule has 1 aromatic rings.